The minimum absolute atomic E-state index is 0.0131. The third-order valence-electron chi connectivity index (χ3n) is 4.11. The Kier molecular flexibility index (Phi) is 7.26. The van der Waals surface area contributed by atoms with Crippen molar-refractivity contribution in [1.29, 1.82) is 0 Å². The Labute approximate surface area is 182 Å². The van der Waals surface area contributed by atoms with Gasteiger partial charge < -0.3 is 15.4 Å². The minimum Gasteiger partial charge on any atom is -0.481 e. The highest BCUT2D eigenvalue weighted by Gasteiger charge is 2.42. The molecule has 1 atom stereocenters. The predicted octanol–water partition coefficient (Wildman–Crippen LogP) is 3.32. The molecule has 16 heteroatoms. The van der Waals surface area contributed by atoms with Gasteiger partial charge in [-0.25, -0.2) is 13.8 Å². The van der Waals surface area contributed by atoms with E-state index in [0.717, 1.165) is 0 Å². The van der Waals surface area contributed by atoms with Crippen molar-refractivity contribution in [3.63, 3.8) is 0 Å². The molecule has 1 aromatic heterocycles. The molecule has 2 aromatic rings. The zero-order valence-corrected chi connectivity index (χ0v) is 16.5. The Morgan fingerprint density at radius 1 is 1.09 bits per heavy atom. The molecule has 8 nitrogen and oxygen atoms in total. The van der Waals surface area contributed by atoms with Gasteiger partial charge in [-0.15, -0.1) is 0 Å². The summed E-state index contributed by atoms with van der Waals surface area (Å²) in [6, 6.07) is 1.01. The number of carbonyl (C=O) groups is 2. The summed E-state index contributed by atoms with van der Waals surface area (Å²) in [5.74, 6) is -7.24. The average molecular weight is 506 g/mol. The highest BCUT2D eigenvalue weighted by Crippen LogP contribution is 2.33. The van der Waals surface area contributed by atoms with Crippen LogP contribution in [0, 0.1) is 11.7 Å². The fourth-order valence-corrected chi connectivity index (χ4v) is 2.86. The van der Waals surface area contributed by atoms with Crippen LogP contribution in [0.3, 0.4) is 0 Å². The maximum Gasteiger partial charge on any atom is 0.431 e. The number of nitrogens with zero attached hydrogens (tertiary/aromatic N) is 1. The molecule has 0 fully saturated rings. The molecule has 1 amide bonds. The smallest absolute Gasteiger partial charge is 0.431 e. The number of anilines is 1. The topological polar surface area (TPSA) is 121 Å². The number of aliphatic carboxylic acids is 1. The summed E-state index contributed by atoms with van der Waals surface area (Å²) in [7, 11) is 0. The van der Waals surface area contributed by atoms with Crippen molar-refractivity contribution in [2.24, 2.45) is 5.92 Å². The fourth-order valence-electron chi connectivity index (χ4n) is 2.62. The van der Waals surface area contributed by atoms with Crippen molar-refractivity contribution in [3.05, 3.63) is 55.6 Å². The van der Waals surface area contributed by atoms with E-state index in [-0.39, 0.29) is 10.6 Å². The van der Waals surface area contributed by atoms with Crippen LogP contribution in [0.2, 0.25) is 5.02 Å². The molecule has 0 bridgehead atoms. The molecule has 0 aliphatic rings. The first-order valence-electron chi connectivity index (χ1n) is 8.52. The van der Waals surface area contributed by atoms with Crippen LogP contribution in [0.1, 0.15) is 18.5 Å². The quantitative estimate of drug-likeness (QED) is 0.520. The van der Waals surface area contributed by atoms with Crippen LogP contribution in [-0.4, -0.2) is 32.7 Å². The van der Waals surface area contributed by atoms with Gasteiger partial charge in [0.25, 0.3) is 5.56 Å². The second-order valence-corrected chi connectivity index (χ2v) is 6.94. The lowest BCUT2D eigenvalue weighted by Crippen LogP contribution is -2.36. The number of nitrogens with one attached hydrogen (secondary N) is 2. The Bertz CT molecular complexity index is 1170. The zero-order chi connectivity index (χ0) is 25.3. The van der Waals surface area contributed by atoms with E-state index in [1.807, 2.05) is 0 Å². The number of hydrogen-bond acceptors (Lipinski definition) is 4. The van der Waals surface area contributed by atoms with Crippen molar-refractivity contribution in [2.75, 3.05) is 5.32 Å². The number of carbonyl (C=O) groups excluding carboxylic acids is 1. The molecule has 3 N–H and O–H groups in total. The van der Waals surface area contributed by atoms with Gasteiger partial charge in [-0.05, 0) is 12.1 Å². The van der Waals surface area contributed by atoms with Gasteiger partial charge in [0, 0.05) is 12.5 Å². The number of benzene rings is 1. The van der Waals surface area contributed by atoms with Crippen LogP contribution in [0.4, 0.5) is 36.4 Å². The molecule has 0 saturated carbocycles. The van der Waals surface area contributed by atoms with Gasteiger partial charge in [-0.1, -0.05) is 11.6 Å². The lowest BCUT2D eigenvalue weighted by molar-refractivity contribution is -0.185. The van der Waals surface area contributed by atoms with Crippen LogP contribution in [-0.2, 0) is 15.8 Å². The lowest BCUT2D eigenvalue weighted by Gasteiger charge is -2.18. The molecule has 2 rings (SSSR count). The van der Waals surface area contributed by atoms with Gasteiger partial charge >= 0.3 is 24.0 Å². The summed E-state index contributed by atoms with van der Waals surface area (Å²) in [5, 5.41) is 9.64. The maximum absolute atomic E-state index is 14.2. The standard InChI is InChI=1S/C17H11ClF7N3O5/c18-7-3-8(19)9(26-12(29)1-6(2-14(31)32)16(20,21)22)4-10(7)28-13(30)5-11(17(23,24)25)27-15(28)33/h3-6H,1-2H2,(H,26,29)(H,27,33)(H,31,32). The minimum atomic E-state index is -5.08. The van der Waals surface area contributed by atoms with E-state index in [1.165, 1.54) is 4.98 Å². The molecular weight excluding hydrogens is 495 g/mol. The summed E-state index contributed by atoms with van der Waals surface area (Å²) < 4.78 is 91.2. The largest absolute Gasteiger partial charge is 0.481 e. The number of halogens is 8. The summed E-state index contributed by atoms with van der Waals surface area (Å²) in [5.41, 5.74) is -6.40. The molecule has 0 saturated heterocycles. The van der Waals surface area contributed by atoms with E-state index in [4.69, 9.17) is 16.7 Å². The van der Waals surface area contributed by atoms with Crippen molar-refractivity contribution in [3.8, 4) is 5.69 Å². The second kappa shape index (κ2) is 9.25. The summed E-state index contributed by atoms with van der Waals surface area (Å²) in [6.07, 6.45) is -13.0. The second-order valence-electron chi connectivity index (χ2n) is 6.53. The maximum atomic E-state index is 14.2. The molecule has 0 spiro atoms. The first-order chi connectivity index (χ1) is 15.0. The number of hydrogen-bond donors (Lipinski definition) is 3. The fraction of sp³-hybridized carbons (Fsp3) is 0.294. The van der Waals surface area contributed by atoms with Gasteiger partial charge in [0.15, 0.2) is 0 Å². The van der Waals surface area contributed by atoms with Gasteiger partial charge in [0.2, 0.25) is 5.91 Å². The number of aromatic nitrogens is 2. The third kappa shape index (κ3) is 6.34. The number of amides is 1. The summed E-state index contributed by atoms with van der Waals surface area (Å²) >= 11 is 5.75. The van der Waals surface area contributed by atoms with Crippen molar-refractivity contribution in [1.82, 2.24) is 9.55 Å². The Balaban J connectivity index is 2.44. The van der Waals surface area contributed by atoms with Gasteiger partial charge in [-0.3, -0.25) is 14.4 Å². The first-order valence-corrected chi connectivity index (χ1v) is 8.90. The Hall–Kier alpha value is -3.36. The van der Waals surface area contributed by atoms with Crippen LogP contribution in [0.15, 0.2) is 27.8 Å². The number of H-pyrrole nitrogens is 1. The third-order valence-corrected chi connectivity index (χ3v) is 4.41. The van der Waals surface area contributed by atoms with E-state index in [9.17, 15) is 49.9 Å². The molecule has 0 aliphatic heterocycles. The van der Waals surface area contributed by atoms with E-state index < -0.39 is 82.1 Å². The zero-order valence-electron chi connectivity index (χ0n) is 15.8. The van der Waals surface area contributed by atoms with Crippen LogP contribution in [0.25, 0.3) is 5.69 Å². The number of carboxylic acid groups (broad SMARTS) is 1. The number of carboxylic acids is 1. The monoisotopic (exact) mass is 505 g/mol. The van der Waals surface area contributed by atoms with Crippen molar-refractivity contribution >= 4 is 29.2 Å². The van der Waals surface area contributed by atoms with Gasteiger partial charge in [0.1, 0.15) is 11.5 Å². The lowest BCUT2D eigenvalue weighted by atomic mass is 10.0. The SMILES string of the molecule is O=C(O)CC(CC(=O)Nc1cc(-n2c(=O)cc(C(F)(F)F)[nH]c2=O)c(Cl)cc1F)C(F)(F)F. The average Bonchev–Trinajstić information content (AvgIpc) is 2.62. The van der Waals surface area contributed by atoms with E-state index in [2.05, 4.69) is 0 Å². The Morgan fingerprint density at radius 3 is 2.18 bits per heavy atom. The summed E-state index contributed by atoms with van der Waals surface area (Å²) in [6.45, 7) is 0. The normalized spacial score (nSPS) is 13.0. The molecule has 1 unspecified atom stereocenters. The molecule has 1 aromatic carbocycles. The molecule has 0 radical (unpaired) electrons. The molecule has 1 heterocycles. The first kappa shape index (κ1) is 25.9. The molecule has 33 heavy (non-hydrogen) atoms. The number of alkyl halides is 6. The molecular formula is C17H11ClF7N3O5. The van der Waals surface area contributed by atoms with Crippen molar-refractivity contribution in [2.45, 2.75) is 25.2 Å². The Morgan fingerprint density at radius 2 is 1.70 bits per heavy atom. The van der Waals surface area contributed by atoms with E-state index >= 15 is 0 Å². The van der Waals surface area contributed by atoms with E-state index in [1.54, 1.807) is 5.32 Å². The molecule has 0 aliphatic carbocycles. The molecule has 180 valence electrons. The highest BCUT2D eigenvalue weighted by atomic mass is 35.5. The van der Waals surface area contributed by atoms with E-state index in [0.29, 0.717) is 12.1 Å². The van der Waals surface area contributed by atoms with Crippen molar-refractivity contribution < 1.29 is 45.4 Å². The van der Waals surface area contributed by atoms with Crippen LogP contribution in [0.5, 0.6) is 0 Å². The van der Waals surface area contributed by atoms with Gasteiger partial charge in [-0.2, -0.15) is 26.3 Å². The highest BCUT2D eigenvalue weighted by molar-refractivity contribution is 6.32. The van der Waals surface area contributed by atoms with Gasteiger partial charge in [0.05, 0.1) is 28.7 Å². The number of rotatable bonds is 6. The number of aromatic amines is 1. The summed E-state index contributed by atoms with van der Waals surface area (Å²) in [4.78, 5) is 48.0. The predicted molar refractivity (Wildman–Crippen MR) is 97.7 cm³/mol. The van der Waals surface area contributed by atoms with Crippen LogP contribution >= 0.6 is 11.6 Å². The van der Waals surface area contributed by atoms with Crippen LogP contribution < -0.4 is 16.6 Å².